The fraction of sp³-hybridized carbons (Fsp3) is 0.429. The van der Waals surface area contributed by atoms with Crippen molar-refractivity contribution in [2.75, 3.05) is 5.73 Å². The molecule has 0 saturated carbocycles. The molecule has 0 atom stereocenters. The van der Waals surface area contributed by atoms with E-state index in [-0.39, 0.29) is 5.95 Å². The van der Waals surface area contributed by atoms with Crippen molar-refractivity contribution in [1.82, 2.24) is 9.97 Å². The van der Waals surface area contributed by atoms with Gasteiger partial charge in [0.2, 0.25) is 5.95 Å². The SMILES string of the molecule is CC1(C)OB(c2cnc(N)nc2-c2cccs2)OC1(C)C. The van der Waals surface area contributed by atoms with Crippen molar-refractivity contribution in [3.05, 3.63) is 23.7 Å². The number of thiophene rings is 1. The van der Waals surface area contributed by atoms with E-state index in [2.05, 4.69) is 9.97 Å². The molecule has 5 nitrogen and oxygen atoms in total. The van der Waals surface area contributed by atoms with Crippen molar-refractivity contribution < 1.29 is 9.31 Å². The molecule has 0 aliphatic carbocycles. The average molecular weight is 303 g/mol. The van der Waals surface area contributed by atoms with Crippen LogP contribution in [0.4, 0.5) is 5.95 Å². The van der Waals surface area contributed by atoms with Crippen LogP contribution >= 0.6 is 11.3 Å². The summed E-state index contributed by atoms with van der Waals surface area (Å²) < 4.78 is 12.2. The Kier molecular flexibility index (Phi) is 3.31. The van der Waals surface area contributed by atoms with Crippen LogP contribution in [0.1, 0.15) is 27.7 Å². The van der Waals surface area contributed by atoms with Gasteiger partial charge >= 0.3 is 7.12 Å². The summed E-state index contributed by atoms with van der Waals surface area (Å²) >= 11 is 1.60. The van der Waals surface area contributed by atoms with Gasteiger partial charge in [0.15, 0.2) is 0 Å². The number of nitrogens with two attached hydrogens (primary N) is 1. The number of nitrogens with zero attached hydrogens (tertiary/aromatic N) is 2. The smallest absolute Gasteiger partial charge is 0.399 e. The molecule has 0 amide bonds. The van der Waals surface area contributed by atoms with E-state index in [9.17, 15) is 0 Å². The number of aromatic nitrogens is 2. The van der Waals surface area contributed by atoms with Crippen LogP contribution in [0.25, 0.3) is 10.6 Å². The van der Waals surface area contributed by atoms with Crippen LogP contribution in [-0.2, 0) is 9.31 Å². The topological polar surface area (TPSA) is 70.3 Å². The van der Waals surface area contributed by atoms with Crippen molar-refractivity contribution >= 4 is 29.9 Å². The molecule has 110 valence electrons. The summed E-state index contributed by atoms with van der Waals surface area (Å²) in [6.45, 7) is 8.10. The van der Waals surface area contributed by atoms with Crippen LogP contribution in [0.2, 0.25) is 0 Å². The molecule has 3 heterocycles. The predicted octanol–water partition coefficient (Wildman–Crippen LogP) is 2.09. The predicted molar refractivity (Wildman–Crippen MR) is 85.5 cm³/mol. The molecule has 2 N–H and O–H groups in total. The Morgan fingerprint density at radius 2 is 1.86 bits per heavy atom. The molecule has 0 bridgehead atoms. The van der Waals surface area contributed by atoms with Crippen molar-refractivity contribution in [2.45, 2.75) is 38.9 Å². The molecule has 1 aliphatic heterocycles. The molecule has 0 aromatic carbocycles. The monoisotopic (exact) mass is 303 g/mol. The summed E-state index contributed by atoms with van der Waals surface area (Å²) in [6, 6.07) is 3.98. The number of rotatable bonds is 2. The highest BCUT2D eigenvalue weighted by Crippen LogP contribution is 2.37. The largest absolute Gasteiger partial charge is 0.498 e. The Morgan fingerprint density at radius 3 is 2.43 bits per heavy atom. The van der Waals surface area contributed by atoms with Gasteiger partial charge in [-0.2, -0.15) is 0 Å². The van der Waals surface area contributed by atoms with E-state index in [1.54, 1.807) is 17.5 Å². The molecule has 1 fully saturated rings. The third-order valence-electron chi connectivity index (χ3n) is 4.10. The standard InChI is InChI=1S/C14H18BN3O2S/c1-13(2)14(3,4)20-15(19-13)9-8-17-12(16)18-11(9)10-6-5-7-21-10/h5-8H,1-4H3,(H2,16,17,18). The molecule has 2 aromatic rings. The van der Waals surface area contributed by atoms with Crippen molar-refractivity contribution in [2.24, 2.45) is 0 Å². The number of hydrogen-bond donors (Lipinski definition) is 1. The highest BCUT2D eigenvalue weighted by molar-refractivity contribution is 7.13. The van der Waals surface area contributed by atoms with Crippen LogP contribution in [0.5, 0.6) is 0 Å². The van der Waals surface area contributed by atoms with E-state index in [1.165, 1.54) is 0 Å². The maximum absolute atomic E-state index is 6.09. The van der Waals surface area contributed by atoms with E-state index in [4.69, 9.17) is 15.0 Å². The zero-order valence-corrected chi connectivity index (χ0v) is 13.4. The van der Waals surface area contributed by atoms with E-state index in [0.717, 1.165) is 16.0 Å². The molecular weight excluding hydrogens is 285 g/mol. The third-order valence-corrected chi connectivity index (χ3v) is 4.97. The Hall–Kier alpha value is -1.44. The highest BCUT2D eigenvalue weighted by atomic mass is 32.1. The van der Waals surface area contributed by atoms with Gasteiger partial charge in [0.25, 0.3) is 0 Å². The van der Waals surface area contributed by atoms with Gasteiger partial charge in [-0.25, -0.2) is 9.97 Å². The van der Waals surface area contributed by atoms with Gasteiger partial charge in [-0.3, -0.25) is 0 Å². The highest BCUT2D eigenvalue weighted by Gasteiger charge is 2.52. The second-order valence-electron chi connectivity index (χ2n) is 6.10. The van der Waals surface area contributed by atoms with E-state index in [0.29, 0.717) is 0 Å². The van der Waals surface area contributed by atoms with Gasteiger partial charge < -0.3 is 15.0 Å². The van der Waals surface area contributed by atoms with E-state index in [1.807, 2.05) is 45.2 Å². The van der Waals surface area contributed by atoms with Crippen LogP contribution in [0, 0.1) is 0 Å². The lowest BCUT2D eigenvalue weighted by Crippen LogP contribution is -2.41. The maximum Gasteiger partial charge on any atom is 0.498 e. The summed E-state index contributed by atoms with van der Waals surface area (Å²) in [7, 11) is -0.493. The average Bonchev–Trinajstić information content (AvgIpc) is 2.96. The third kappa shape index (κ3) is 2.45. The Morgan fingerprint density at radius 1 is 1.19 bits per heavy atom. The summed E-state index contributed by atoms with van der Waals surface area (Å²) in [6.07, 6.45) is 1.69. The zero-order valence-electron chi connectivity index (χ0n) is 12.6. The first-order valence-electron chi connectivity index (χ1n) is 6.82. The minimum atomic E-state index is -0.493. The van der Waals surface area contributed by atoms with Crippen LogP contribution in [0.3, 0.4) is 0 Å². The van der Waals surface area contributed by atoms with E-state index < -0.39 is 18.3 Å². The van der Waals surface area contributed by atoms with Gasteiger partial charge in [-0.05, 0) is 39.1 Å². The molecule has 21 heavy (non-hydrogen) atoms. The van der Waals surface area contributed by atoms with Crippen molar-refractivity contribution in [1.29, 1.82) is 0 Å². The quantitative estimate of drug-likeness (QED) is 0.860. The van der Waals surface area contributed by atoms with Crippen molar-refractivity contribution in [3.8, 4) is 10.6 Å². The van der Waals surface area contributed by atoms with Gasteiger partial charge in [-0.15, -0.1) is 11.3 Å². The number of anilines is 1. The molecule has 3 rings (SSSR count). The molecular formula is C14H18BN3O2S. The maximum atomic E-state index is 6.09. The van der Waals surface area contributed by atoms with Crippen LogP contribution in [0.15, 0.2) is 23.7 Å². The van der Waals surface area contributed by atoms with Gasteiger partial charge in [0.1, 0.15) is 0 Å². The minimum Gasteiger partial charge on any atom is -0.399 e. The molecule has 2 aromatic heterocycles. The zero-order chi connectivity index (χ0) is 15.3. The van der Waals surface area contributed by atoms with Gasteiger partial charge in [-0.1, -0.05) is 6.07 Å². The summed E-state index contributed by atoms with van der Waals surface area (Å²) in [5.41, 5.74) is 6.53. The van der Waals surface area contributed by atoms with Gasteiger partial charge in [0.05, 0.1) is 21.8 Å². The molecule has 0 radical (unpaired) electrons. The Labute approximate surface area is 128 Å². The van der Waals surface area contributed by atoms with Crippen LogP contribution in [-0.4, -0.2) is 28.3 Å². The Balaban J connectivity index is 2.05. The lowest BCUT2D eigenvalue weighted by atomic mass is 9.78. The molecule has 0 spiro atoms. The Bertz CT molecular complexity index is 642. The fourth-order valence-electron chi connectivity index (χ4n) is 2.16. The molecule has 1 aliphatic rings. The normalized spacial score (nSPS) is 19.9. The first-order valence-corrected chi connectivity index (χ1v) is 7.70. The van der Waals surface area contributed by atoms with Crippen molar-refractivity contribution in [3.63, 3.8) is 0 Å². The second-order valence-corrected chi connectivity index (χ2v) is 7.05. The fourth-order valence-corrected chi connectivity index (χ4v) is 2.89. The minimum absolute atomic E-state index is 0.249. The lowest BCUT2D eigenvalue weighted by molar-refractivity contribution is 0.00578. The molecule has 1 saturated heterocycles. The number of hydrogen-bond acceptors (Lipinski definition) is 6. The summed E-state index contributed by atoms with van der Waals surface area (Å²) in [5.74, 6) is 0.249. The number of nitrogen functional groups attached to an aromatic ring is 1. The first-order chi connectivity index (χ1) is 9.80. The summed E-state index contributed by atoms with van der Waals surface area (Å²) in [4.78, 5) is 9.50. The molecule has 7 heteroatoms. The van der Waals surface area contributed by atoms with E-state index >= 15 is 0 Å². The summed E-state index contributed by atoms with van der Waals surface area (Å²) in [5, 5.41) is 2.00. The van der Waals surface area contributed by atoms with Gasteiger partial charge in [0, 0.05) is 11.7 Å². The first kappa shape index (κ1) is 14.5. The second kappa shape index (κ2) is 4.79. The molecule has 0 unspecified atom stereocenters. The lowest BCUT2D eigenvalue weighted by Gasteiger charge is -2.32. The van der Waals surface area contributed by atoms with Crippen LogP contribution < -0.4 is 11.2 Å².